The number of rotatable bonds is 4. The third-order valence-electron chi connectivity index (χ3n) is 3.52. The summed E-state index contributed by atoms with van der Waals surface area (Å²) in [7, 11) is 0. The van der Waals surface area contributed by atoms with E-state index in [0.29, 0.717) is 18.8 Å². The van der Waals surface area contributed by atoms with Gasteiger partial charge < -0.3 is 10.4 Å². The van der Waals surface area contributed by atoms with Gasteiger partial charge in [0.1, 0.15) is 0 Å². The maximum absolute atomic E-state index is 11.8. The summed E-state index contributed by atoms with van der Waals surface area (Å²) in [5, 5.41) is 12.2. The average Bonchev–Trinajstić information content (AvgIpc) is 2.20. The Bertz CT molecular complexity index is 289. The second-order valence-corrected chi connectivity index (χ2v) is 5.71. The van der Waals surface area contributed by atoms with Crippen LogP contribution in [0.5, 0.6) is 0 Å². The lowest BCUT2D eigenvalue weighted by molar-refractivity contribution is -0.143. The van der Waals surface area contributed by atoms with E-state index in [-0.39, 0.29) is 11.9 Å². The molecule has 104 valence electrons. The quantitative estimate of drug-likeness (QED) is 0.811. The molecule has 1 aliphatic rings. The Morgan fingerprint density at radius 1 is 1.17 bits per heavy atom. The second-order valence-electron chi connectivity index (χ2n) is 5.71. The minimum absolute atomic E-state index is 0.0122. The van der Waals surface area contributed by atoms with Crippen molar-refractivity contribution in [3.05, 3.63) is 0 Å². The van der Waals surface area contributed by atoms with Crippen molar-refractivity contribution in [2.24, 2.45) is 11.8 Å². The van der Waals surface area contributed by atoms with Crippen LogP contribution in [0.2, 0.25) is 0 Å². The van der Waals surface area contributed by atoms with Gasteiger partial charge in [-0.1, -0.05) is 39.5 Å². The highest BCUT2D eigenvalue weighted by Gasteiger charge is 2.29. The van der Waals surface area contributed by atoms with Gasteiger partial charge in [0, 0.05) is 12.5 Å². The van der Waals surface area contributed by atoms with Crippen LogP contribution in [0.15, 0.2) is 0 Å². The minimum Gasteiger partial charge on any atom is -0.481 e. The fraction of sp³-hybridized carbons (Fsp3) is 0.857. The highest BCUT2D eigenvalue weighted by Crippen LogP contribution is 2.23. The molecule has 0 aromatic carbocycles. The van der Waals surface area contributed by atoms with Crippen LogP contribution in [0.4, 0.5) is 0 Å². The standard InChI is InChI=1S/C14H25NO3/c1-10(2)9-13(16)15-12-8-6-4-3-5-7-11(12)14(17)18/h10-12H,3-9H2,1-2H3,(H,15,16)(H,17,18). The molecule has 1 amide bonds. The van der Waals surface area contributed by atoms with E-state index >= 15 is 0 Å². The van der Waals surface area contributed by atoms with Crippen molar-refractivity contribution in [3.8, 4) is 0 Å². The third-order valence-corrected chi connectivity index (χ3v) is 3.52. The topological polar surface area (TPSA) is 66.4 Å². The molecule has 2 atom stereocenters. The molecular formula is C14H25NO3. The van der Waals surface area contributed by atoms with Crippen LogP contribution in [0, 0.1) is 11.8 Å². The first kappa shape index (κ1) is 15.0. The molecule has 1 saturated carbocycles. The van der Waals surface area contributed by atoms with Crippen LogP contribution in [-0.4, -0.2) is 23.0 Å². The fourth-order valence-corrected chi connectivity index (χ4v) is 2.59. The third kappa shape index (κ3) is 5.07. The summed E-state index contributed by atoms with van der Waals surface area (Å²) in [6, 6.07) is -0.186. The Morgan fingerprint density at radius 2 is 1.78 bits per heavy atom. The Balaban J connectivity index is 2.60. The molecule has 0 aromatic heterocycles. The Hall–Kier alpha value is -1.06. The molecular weight excluding hydrogens is 230 g/mol. The number of hydrogen-bond acceptors (Lipinski definition) is 2. The zero-order valence-electron chi connectivity index (χ0n) is 11.4. The molecule has 2 unspecified atom stereocenters. The molecule has 2 N–H and O–H groups in total. The minimum atomic E-state index is -0.772. The van der Waals surface area contributed by atoms with E-state index < -0.39 is 11.9 Å². The highest BCUT2D eigenvalue weighted by atomic mass is 16.4. The average molecular weight is 255 g/mol. The van der Waals surface area contributed by atoms with Gasteiger partial charge in [0.15, 0.2) is 0 Å². The Labute approximate surface area is 109 Å². The molecule has 0 saturated heterocycles. The van der Waals surface area contributed by atoms with Gasteiger partial charge in [-0.2, -0.15) is 0 Å². The van der Waals surface area contributed by atoms with Gasteiger partial charge in [0.05, 0.1) is 5.92 Å². The van der Waals surface area contributed by atoms with E-state index in [1.807, 2.05) is 13.8 Å². The fourth-order valence-electron chi connectivity index (χ4n) is 2.59. The predicted octanol–water partition coefficient (Wildman–Crippen LogP) is 2.57. The maximum Gasteiger partial charge on any atom is 0.308 e. The molecule has 0 aromatic rings. The van der Waals surface area contributed by atoms with E-state index in [0.717, 1.165) is 32.1 Å². The first-order chi connectivity index (χ1) is 8.50. The second kappa shape index (κ2) is 7.39. The first-order valence-electron chi connectivity index (χ1n) is 7.03. The van der Waals surface area contributed by atoms with Crippen LogP contribution in [-0.2, 0) is 9.59 Å². The van der Waals surface area contributed by atoms with Crippen molar-refractivity contribution in [1.29, 1.82) is 0 Å². The molecule has 4 heteroatoms. The zero-order valence-corrected chi connectivity index (χ0v) is 11.4. The highest BCUT2D eigenvalue weighted by molar-refractivity contribution is 5.78. The Kier molecular flexibility index (Phi) is 6.16. The van der Waals surface area contributed by atoms with E-state index in [9.17, 15) is 14.7 Å². The molecule has 1 rings (SSSR count). The maximum atomic E-state index is 11.8. The van der Waals surface area contributed by atoms with Crippen molar-refractivity contribution in [1.82, 2.24) is 5.32 Å². The number of hydrogen-bond donors (Lipinski definition) is 2. The van der Waals surface area contributed by atoms with Gasteiger partial charge in [-0.25, -0.2) is 0 Å². The number of amides is 1. The van der Waals surface area contributed by atoms with Crippen molar-refractivity contribution in [2.75, 3.05) is 0 Å². The molecule has 0 spiro atoms. The Morgan fingerprint density at radius 3 is 2.33 bits per heavy atom. The van der Waals surface area contributed by atoms with Gasteiger partial charge in [-0.15, -0.1) is 0 Å². The van der Waals surface area contributed by atoms with Gasteiger partial charge in [-0.3, -0.25) is 9.59 Å². The summed E-state index contributed by atoms with van der Waals surface area (Å²) in [5.41, 5.74) is 0. The lowest BCUT2D eigenvalue weighted by Crippen LogP contribution is -2.44. The lowest BCUT2D eigenvalue weighted by atomic mass is 9.86. The summed E-state index contributed by atoms with van der Waals surface area (Å²) in [5.74, 6) is -0.892. The van der Waals surface area contributed by atoms with E-state index in [4.69, 9.17) is 0 Å². The predicted molar refractivity (Wildman–Crippen MR) is 70.2 cm³/mol. The van der Waals surface area contributed by atoms with Gasteiger partial charge in [-0.05, 0) is 18.8 Å². The molecule has 4 nitrogen and oxygen atoms in total. The SMILES string of the molecule is CC(C)CC(=O)NC1CCCCCCC1C(=O)O. The lowest BCUT2D eigenvalue weighted by Gasteiger charge is -2.27. The largest absolute Gasteiger partial charge is 0.481 e. The van der Waals surface area contributed by atoms with Crippen LogP contribution in [0.3, 0.4) is 0 Å². The van der Waals surface area contributed by atoms with E-state index in [1.165, 1.54) is 0 Å². The van der Waals surface area contributed by atoms with Crippen molar-refractivity contribution < 1.29 is 14.7 Å². The molecule has 18 heavy (non-hydrogen) atoms. The number of carboxylic acid groups (broad SMARTS) is 1. The smallest absolute Gasteiger partial charge is 0.308 e. The molecule has 0 heterocycles. The number of carbonyl (C=O) groups excluding carboxylic acids is 1. The van der Waals surface area contributed by atoms with E-state index in [1.54, 1.807) is 0 Å². The summed E-state index contributed by atoms with van der Waals surface area (Å²) in [6.07, 6.45) is 6.16. The molecule has 0 aliphatic heterocycles. The van der Waals surface area contributed by atoms with Gasteiger partial charge in [0.25, 0.3) is 0 Å². The van der Waals surface area contributed by atoms with Crippen LogP contribution in [0.1, 0.15) is 58.8 Å². The van der Waals surface area contributed by atoms with E-state index in [2.05, 4.69) is 5.32 Å². The number of carbonyl (C=O) groups is 2. The number of nitrogens with one attached hydrogen (secondary N) is 1. The summed E-state index contributed by atoms with van der Waals surface area (Å²) < 4.78 is 0. The zero-order chi connectivity index (χ0) is 13.5. The molecule has 0 radical (unpaired) electrons. The molecule has 1 fully saturated rings. The van der Waals surface area contributed by atoms with Crippen LogP contribution >= 0.6 is 0 Å². The number of aliphatic carboxylic acids is 1. The van der Waals surface area contributed by atoms with Crippen LogP contribution in [0.25, 0.3) is 0 Å². The summed E-state index contributed by atoms with van der Waals surface area (Å²) >= 11 is 0. The van der Waals surface area contributed by atoms with Crippen LogP contribution < -0.4 is 5.32 Å². The van der Waals surface area contributed by atoms with Gasteiger partial charge >= 0.3 is 5.97 Å². The van der Waals surface area contributed by atoms with Crippen molar-refractivity contribution in [2.45, 2.75) is 64.8 Å². The number of carboxylic acids is 1. The van der Waals surface area contributed by atoms with Gasteiger partial charge in [0.2, 0.25) is 5.91 Å². The molecule has 1 aliphatic carbocycles. The summed E-state index contributed by atoms with van der Waals surface area (Å²) in [6.45, 7) is 3.98. The van der Waals surface area contributed by atoms with Crippen molar-refractivity contribution in [3.63, 3.8) is 0 Å². The first-order valence-corrected chi connectivity index (χ1v) is 7.03. The monoisotopic (exact) mass is 255 g/mol. The molecule has 0 bridgehead atoms. The van der Waals surface area contributed by atoms with Crippen molar-refractivity contribution >= 4 is 11.9 Å². The normalized spacial score (nSPS) is 25.3. The summed E-state index contributed by atoms with van der Waals surface area (Å²) in [4.78, 5) is 23.1.